The number of carboxylic acid groups (broad SMARTS) is 1. The molecular weight excluding hydrogens is 371 g/mol. The number of carbonyl (C=O) groups excluding carboxylic acids is 2. The zero-order valence-corrected chi connectivity index (χ0v) is 15.0. The fourth-order valence-corrected chi connectivity index (χ4v) is 3.88. The van der Waals surface area contributed by atoms with Crippen molar-refractivity contribution in [2.24, 2.45) is 0 Å². The summed E-state index contributed by atoms with van der Waals surface area (Å²) in [5, 5.41) is 13.9. The molecule has 27 heavy (non-hydrogen) atoms. The van der Waals surface area contributed by atoms with Gasteiger partial charge in [-0.3, -0.25) is 14.4 Å². The Labute approximate surface area is 159 Å². The first-order valence-electron chi connectivity index (χ1n) is 8.25. The molecule has 0 spiro atoms. The second kappa shape index (κ2) is 8.22. The number of hydrogen-bond acceptors (Lipinski definition) is 4. The Balaban J connectivity index is 1.68. The maximum Gasteiger partial charge on any atom is 0.305 e. The van der Waals surface area contributed by atoms with E-state index in [4.69, 9.17) is 5.11 Å². The highest BCUT2D eigenvalue weighted by Crippen LogP contribution is 2.36. The molecule has 0 unspecified atom stereocenters. The first-order chi connectivity index (χ1) is 12.9. The molecule has 2 atom stereocenters. The van der Waals surface area contributed by atoms with Crippen LogP contribution in [0, 0.1) is 5.82 Å². The third kappa shape index (κ3) is 4.85. The summed E-state index contributed by atoms with van der Waals surface area (Å²) in [5.41, 5.74) is 1.19. The summed E-state index contributed by atoms with van der Waals surface area (Å²) in [7, 11) is 0. The highest BCUT2D eigenvalue weighted by Gasteiger charge is 2.29. The van der Waals surface area contributed by atoms with Gasteiger partial charge in [0.25, 0.3) is 0 Å². The number of fused-ring (bicyclic) bond motifs is 1. The van der Waals surface area contributed by atoms with E-state index in [1.165, 1.54) is 36.0 Å². The van der Waals surface area contributed by atoms with E-state index in [-0.39, 0.29) is 18.7 Å². The molecule has 0 fully saturated rings. The van der Waals surface area contributed by atoms with E-state index in [0.29, 0.717) is 11.3 Å². The van der Waals surface area contributed by atoms with Gasteiger partial charge in [-0.05, 0) is 29.8 Å². The third-order valence-electron chi connectivity index (χ3n) is 4.06. The van der Waals surface area contributed by atoms with E-state index in [1.54, 1.807) is 6.07 Å². The Morgan fingerprint density at radius 1 is 1.19 bits per heavy atom. The molecule has 3 rings (SSSR count). The molecule has 1 aliphatic rings. The minimum Gasteiger partial charge on any atom is -0.481 e. The van der Waals surface area contributed by atoms with E-state index in [2.05, 4.69) is 10.6 Å². The highest BCUT2D eigenvalue weighted by atomic mass is 32.2. The molecule has 8 heteroatoms. The number of anilines is 1. The molecule has 140 valence electrons. The first-order valence-corrected chi connectivity index (χ1v) is 9.13. The maximum absolute atomic E-state index is 13.1. The average Bonchev–Trinajstić information content (AvgIpc) is 2.62. The lowest BCUT2D eigenvalue weighted by atomic mass is 10.0. The van der Waals surface area contributed by atoms with Gasteiger partial charge < -0.3 is 15.7 Å². The number of carboxylic acids is 1. The van der Waals surface area contributed by atoms with Gasteiger partial charge >= 0.3 is 5.97 Å². The van der Waals surface area contributed by atoms with E-state index in [1.807, 2.05) is 18.2 Å². The van der Waals surface area contributed by atoms with Crippen LogP contribution in [0.2, 0.25) is 0 Å². The molecule has 0 bridgehead atoms. The van der Waals surface area contributed by atoms with Crippen molar-refractivity contribution in [2.75, 3.05) is 5.32 Å². The zero-order valence-electron chi connectivity index (χ0n) is 14.1. The van der Waals surface area contributed by atoms with Crippen LogP contribution in [0.5, 0.6) is 0 Å². The van der Waals surface area contributed by atoms with Crippen LogP contribution in [0.15, 0.2) is 53.4 Å². The van der Waals surface area contributed by atoms with Crippen molar-refractivity contribution in [1.29, 1.82) is 0 Å². The van der Waals surface area contributed by atoms with Crippen LogP contribution >= 0.6 is 11.8 Å². The number of rotatable bonds is 6. The molecular formula is C19H17FN2O4S. The predicted molar refractivity (Wildman–Crippen MR) is 98.9 cm³/mol. The quantitative estimate of drug-likeness (QED) is 0.707. The van der Waals surface area contributed by atoms with Crippen molar-refractivity contribution < 1.29 is 23.9 Å². The molecule has 0 aliphatic carbocycles. The largest absolute Gasteiger partial charge is 0.481 e. The van der Waals surface area contributed by atoms with E-state index >= 15 is 0 Å². The lowest BCUT2D eigenvalue weighted by Gasteiger charge is -2.24. The molecule has 2 amide bonds. The number of benzene rings is 2. The van der Waals surface area contributed by atoms with Crippen LogP contribution in [0.3, 0.4) is 0 Å². The summed E-state index contributed by atoms with van der Waals surface area (Å²) in [6.45, 7) is 0. The van der Waals surface area contributed by atoms with Crippen LogP contribution in [-0.4, -0.2) is 28.1 Å². The second-order valence-corrected chi connectivity index (χ2v) is 7.31. The van der Waals surface area contributed by atoms with Gasteiger partial charge in [-0.25, -0.2) is 4.39 Å². The van der Waals surface area contributed by atoms with Crippen molar-refractivity contribution in [1.82, 2.24) is 5.32 Å². The van der Waals surface area contributed by atoms with Crippen LogP contribution in [-0.2, 0) is 14.4 Å². The topological polar surface area (TPSA) is 95.5 Å². The summed E-state index contributed by atoms with van der Waals surface area (Å²) in [5.74, 6) is -2.26. The third-order valence-corrected chi connectivity index (χ3v) is 5.34. The predicted octanol–water partition coefficient (Wildman–Crippen LogP) is 2.96. The standard InChI is InChI=1S/C19H17FN2O4S/c20-12-7-5-11(6-8-12)14(9-18(24)25)21-17(23)10-16-19(26)22-13-3-1-2-4-15(13)27-16/h1-8,14,16H,9-10H2,(H,21,23)(H,22,26)(H,24,25)/t14-,16+/m0/s1. The smallest absolute Gasteiger partial charge is 0.305 e. The fraction of sp³-hybridized carbons (Fsp3) is 0.211. The average molecular weight is 388 g/mol. The van der Waals surface area contributed by atoms with Crippen LogP contribution < -0.4 is 10.6 Å². The van der Waals surface area contributed by atoms with Crippen molar-refractivity contribution >= 4 is 35.2 Å². The molecule has 0 saturated carbocycles. The number of carbonyl (C=O) groups is 3. The highest BCUT2D eigenvalue weighted by molar-refractivity contribution is 8.01. The summed E-state index contributed by atoms with van der Waals surface area (Å²) >= 11 is 1.29. The van der Waals surface area contributed by atoms with E-state index < -0.39 is 29.0 Å². The van der Waals surface area contributed by atoms with Gasteiger partial charge in [0.1, 0.15) is 5.82 Å². The Bertz CT molecular complexity index is 872. The Kier molecular flexibility index (Phi) is 5.75. The van der Waals surface area contributed by atoms with Gasteiger partial charge in [0.05, 0.1) is 23.4 Å². The lowest BCUT2D eigenvalue weighted by Crippen LogP contribution is -2.36. The fourth-order valence-electron chi connectivity index (χ4n) is 2.77. The van der Waals surface area contributed by atoms with E-state index in [0.717, 1.165) is 4.90 Å². The van der Waals surface area contributed by atoms with Crippen molar-refractivity contribution in [2.45, 2.75) is 29.0 Å². The van der Waals surface area contributed by atoms with Gasteiger partial charge in [0.15, 0.2) is 0 Å². The second-order valence-electron chi connectivity index (χ2n) is 6.07. The summed E-state index contributed by atoms with van der Waals surface area (Å²) in [4.78, 5) is 36.6. The first kappa shape index (κ1) is 18.9. The summed E-state index contributed by atoms with van der Waals surface area (Å²) in [6.07, 6.45) is -0.438. The molecule has 2 aromatic rings. The number of halogens is 1. The van der Waals surface area contributed by atoms with E-state index in [9.17, 15) is 18.8 Å². The number of thioether (sulfide) groups is 1. The van der Waals surface area contributed by atoms with Gasteiger partial charge in [-0.15, -0.1) is 11.8 Å². The number of para-hydroxylation sites is 1. The zero-order chi connectivity index (χ0) is 19.4. The van der Waals surface area contributed by atoms with Crippen LogP contribution in [0.4, 0.5) is 10.1 Å². The molecule has 0 radical (unpaired) electrons. The normalized spacial score (nSPS) is 16.8. The van der Waals surface area contributed by atoms with Crippen molar-refractivity contribution in [3.8, 4) is 0 Å². The van der Waals surface area contributed by atoms with Crippen LogP contribution in [0.25, 0.3) is 0 Å². The Hall–Kier alpha value is -2.87. The molecule has 1 aliphatic heterocycles. The Morgan fingerprint density at radius 3 is 2.59 bits per heavy atom. The molecule has 3 N–H and O–H groups in total. The molecule has 0 aromatic heterocycles. The molecule has 2 aromatic carbocycles. The number of aliphatic carboxylic acids is 1. The lowest BCUT2D eigenvalue weighted by molar-refractivity contribution is -0.138. The Morgan fingerprint density at radius 2 is 1.89 bits per heavy atom. The van der Waals surface area contributed by atoms with Gasteiger partial charge in [-0.2, -0.15) is 0 Å². The maximum atomic E-state index is 13.1. The number of nitrogens with one attached hydrogen (secondary N) is 2. The number of amides is 2. The molecule has 6 nitrogen and oxygen atoms in total. The minimum atomic E-state index is -1.09. The summed E-state index contributed by atoms with van der Waals surface area (Å²) < 4.78 is 13.1. The van der Waals surface area contributed by atoms with Gasteiger partial charge in [0.2, 0.25) is 11.8 Å². The van der Waals surface area contributed by atoms with Gasteiger partial charge in [0, 0.05) is 11.3 Å². The minimum absolute atomic E-state index is 0.0951. The van der Waals surface area contributed by atoms with Gasteiger partial charge in [-0.1, -0.05) is 24.3 Å². The summed E-state index contributed by atoms with van der Waals surface area (Å²) in [6, 6.07) is 11.8. The molecule has 0 saturated heterocycles. The number of hydrogen-bond donors (Lipinski definition) is 3. The van der Waals surface area contributed by atoms with Crippen molar-refractivity contribution in [3.05, 3.63) is 59.9 Å². The monoisotopic (exact) mass is 388 g/mol. The molecule has 1 heterocycles. The van der Waals surface area contributed by atoms with Crippen LogP contribution in [0.1, 0.15) is 24.4 Å². The SMILES string of the molecule is O=C(O)C[C@H](NC(=O)C[C@H]1Sc2ccccc2NC1=O)c1ccc(F)cc1. The van der Waals surface area contributed by atoms with Crippen molar-refractivity contribution in [3.63, 3.8) is 0 Å².